The number of halogens is 2. The fraction of sp³-hybridized carbons (Fsp3) is 0.0476. The van der Waals surface area contributed by atoms with E-state index in [-0.39, 0.29) is 5.56 Å². The highest BCUT2D eigenvalue weighted by Gasteiger charge is 2.11. The molecule has 0 saturated carbocycles. The van der Waals surface area contributed by atoms with Crippen LogP contribution in [-0.4, -0.2) is 9.66 Å². The van der Waals surface area contributed by atoms with Gasteiger partial charge in [0.2, 0.25) is 0 Å². The van der Waals surface area contributed by atoms with Gasteiger partial charge in [-0.05, 0) is 70.9 Å². The molecule has 0 aliphatic carbocycles. The van der Waals surface area contributed by atoms with E-state index in [2.05, 4.69) is 26.3 Å². The zero-order valence-corrected chi connectivity index (χ0v) is 18.0. The van der Waals surface area contributed by atoms with Crippen LogP contribution < -0.4 is 11.0 Å². The Morgan fingerprint density at radius 3 is 2.68 bits per heavy atom. The number of benzene rings is 3. The van der Waals surface area contributed by atoms with E-state index in [9.17, 15) is 4.79 Å². The van der Waals surface area contributed by atoms with E-state index in [1.54, 1.807) is 17.8 Å². The number of rotatable bonds is 4. The molecule has 140 valence electrons. The Morgan fingerprint density at radius 1 is 1.11 bits per heavy atom. The van der Waals surface area contributed by atoms with Crippen molar-refractivity contribution in [3.8, 4) is 0 Å². The Hall–Kier alpha value is -2.28. The maximum absolute atomic E-state index is 13.0. The minimum Gasteiger partial charge on any atom is -0.289 e. The van der Waals surface area contributed by atoms with Crippen LogP contribution in [-0.2, 0) is 0 Å². The lowest BCUT2D eigenvalue weighted by atomic mass is 10.2. The van der Waals surface area contributed by atoms with Crippen LogP contribution in [0.3, 0.4) is 0 Å². The minimum absolute atomic E-state index is 0.176. The van der Waals surface area contributed by atoms with Crippen LogP contribution >= 0.6 is 39.3 Å². The lowest BCUT2D eigenvalue weighted by Crippen LogP contribution is -2.27. The van der Waals surface area contributed by atoms with Gasteiger partial charge in [-0.25, -0.2) is 9.66 Å². The fourth-order valence-corrected chi connectivity index (χ4v) is 4.58. The number of anilines is 1. The predicted octanol–water partition coefficient (Wildman–Crippen LogP) is 6.15. The van der Waals surface area contributed by atoms with E-state index in [1.165, 1.54) is 11.0 Å². The maximum atomic E-state index is 13.0. The second-order valence-corrected chi connectivity index (χ2v) is 8.64. The summed E-state index contributed by atoms with van der Waals surface area (Å²) in [5.74, 6) is 0. The molecule has 0 radical (unpaired) electrons. The number of hydrogen-bond acceptors (Lipinski definition) is 4. The molecule has 28 heavy (non-hydrogen) atoms. The molecule has 1 heterocycles. The molecule has 0 unspecified atom stereocenters. The Bertz CT molecular complexity index is 1230. The number of aryl methyl sites for hydroxylation is 1. The summed E-state index contributed by atoms with van der Waals surface area (Å²) in [4.78, 5) is 19.5. The number of fused-ring (bicyclic) bond motifs is 1. The Balaban J connectivity index is 1.76. The van der Waals surface area contributed by atoms with E-state index in [0.717, 1.165) is 25.5 Å². The summed E-state index contributed by atoms with van der Waals surface area (Å²) in [5, 5.41) is 1.13. The molecular weight excluding hydrogens is 458 g/mol. The highest BCUT2D eigenvalue weighted by molar-refractivity contribution is 9.10. The van der Waals surface area contributed by atoms with Crippen molar-refractivity contribution in [2.75, 3.05) is 5.43 Å². The molecule has 3 aromatic carbocycles. The largest absolute Gasteiger partial charge is 0.289 e. The zero-order valence-electron chi connectivity index (χ0n) is 14.8. The van der Waals surface area contributed by atoms with Gasteiger partial charge in [-0.3, -0.25) is 10.2 Å². The molecule has 0 saturated heterocycles. The summed E-state index contributed by atoms with van der Waals surface area (Å²) in [6, 6.07) is 19.4. The second-order valence-electron chi connectivity index (χ2n) is 6.23. The van der Waals surface area contributed by atoms with Gasteiger partial charge < -0.3 is 0 Å². The summed E-state index contributed by atoms with van der Waals surface area (Å²) in [5.41, 5.74) is 5.33. The highest BCUT2D eigenvalue weighted by Crippen LogP contribution is 2.35. The van der Waals surface area contributed by atoms with Crippen molar-refractivity contribution < 1.29 is 0 Å². The molecule has 0 spiro atoms. The van der Waals surface area contributed by atoms with Gasteiger partial charge in [-0.15, -0.1) is 0 Å². The van der Waals surface area contributed by atoms with Gasteiger partial charge in [0.1, 0.15) is 6.33 Å². The molecule has 0 amide bonds. The fourth-order valence-electron chi connectivity index (χ4n) is 2.83. The summed E-state index contributed by atoms with van der Waals surface area (Å²) >= 11 is 11.3. The van der Waals surface area contributed by atoms with Gasteiger partial charge in [-0.2, -0.15) is 0 Å². The average Bonchev–Trinajstić information content (AvgIpc) is 2.67. The quantitative estimate of drug-likeness (QED) is 0.387. The van der Waals surface area contributed by atoms with E-state index >= 15 is 0 Å². The summed E-state index contributed by atoms with van der Waals surface area (Å²) in [6.07, 6.45) is 1.49. The predicted molar refractivity (Wildman–Crippen MR) is 119 cm³/mol. The van der Waals surface area contributed by atoms with E-state index in [4.69, 9.17) is 11.6 Å². The molecule has 1 aromatic heterocycles. The molecule has 4 nitrogen and oxygen atoms in total. The summed E-state index contributed by atoms with van der Waals surface area (Å²) < 4.78 is 2.18. The molecule has 1 N–H and O–H groups in total. The van der Waals surface area contributed by atoms with Crippen LogP contribution in [0.1, 0.15) is 5.56 Å². The van der Waals surface area contributed by atoms with Crippen molar-refractivity contribution in [1.82, 2.24) is 9.66 Å². The van der Waals surface area contributed by atoms with Crippen molar-refractivity contribution >= 4 is 55.9 Å². The summed E-state index contributed by atoms with van der Waals surface area (Å²) in [7, 11) is 0. The minimum atomic E-state index is -0.176. The zero-order chi connectivity index (χ0) is 19.7. The van der Waals surface area contributed by atoms with Crippen LogP contribution in [0.4, 0.5) is 5.69 Å². The number of nitrogens with zero attached hydrogens (tertiary/aromatic N) is 2. The molecule has 7 heteroatoms. The Labute approximate surface area is 179 Å². The van der Waals surface area contributed by atoms with Gasteiger partial charge in [0.05, 0.1) is 16.6 Å². The van der Waals surface area contributed by atoms with Crippen LogP contribution in [0.25, 0.3) is 10.9 Å². The Kier molecular flexibility index (Phi) is 5.44. The molecule has 0 bridgehead atoms. The molecule has 0 fully saturated rings. The molecule has 4 rings (SSSR count). The number of aromatic nitrogens is 2. The average molecular weight is 473 g/mol. The van der Waals surface area contributed by atoms with Crippen LogP contribution in [0.5, 0.6) is 0 Å². The molecule has 0 aliphatic heterocycles. The first-order valence-corrected chi connectivity index (χ1v) is 10.5. The topological polar surface area (TPSA) is 46.9 Å². The number of hydrogen-bond donors (Lipinski definition) is 1. The highest BCUT2D eigenvalue weighted by atomic mass is 79.9. The standard InChI is InChI=1S/C21H15BrClN3OS/c1-13-9-16-20(17(22)10-13)24-12-26(21(16)27)25-18-11-14(23)7-8-19(18)28-15-5-3-2-4-6-15/h2-12,25H,1H3. The third kappa shape index (κ3) is 3.94. The van der Waals surface area contributed by atoms with Crippen molar-refractivity contribution in [1.29, 1.82) is 0 Å². The maximum Gasteiger partial charge on any atom is 0.280 e. The van der Waals surface area contributed by atoms with Gasteiger partial charge >= 0.3 is 0 Å². The SMILES string of the molecule is Cc1cc(Br)c2ncn(Nc3cc(Cl)ccc3Sc3ccccc3)c(=O)c2c1. The van der Waals surface area contributed by atoms with Crippen molar-refractivity contribution in [2.24, 2.45) is 0 Å². The van der Waals surface area contributed by atoms with Crippen molar-refractivity contribution in [3.63, 3.8) is 0 Å². The van der Waals surface area contributed by atoms with Gasteiger partial charge in [0, 0.05) is 19.3 Å². The lowest BCUT2D eigenvalue weighted by molar-refractivity contribution is 0.874. The van der Waals surface area contributed by atoms with Crippen LogP contribution in [0, 0.1) is 6.92 Å². The van der Waals surface area contributed by atoms with E-state index in [0.29, 0.717) is 15.9 Å². The first kappa shape index (κ1) is 19.1. The Morgan fingerprint density at radius 2 is 1.89 bits per heavy atom. The van der Waals surface area contributed by atoms with E-state index < -0.39 is 0 Å². The molecule has 0 aliphatic rings. The van der Waals surface area contributed by atoms with Gasteiger partial charge in [0.25, 0.3) is 5.56 Å². The molecule has 0 atom stereocenters. The second kappa shape index (κ2) is 7.99. The third-order valence-electron chi connectivity index (χ3n) is 4.11. The number of nitrogens with one attached hydrogen (secondary N) is 1. The van der Waals surface area contributed by atoms with Crippen LogP contribution in [0.15, 0.2) is 86.0 Å². The monoisotopic (exact) mass is 471 g/mol. The lowest BCUT2D eigenvalue weighted by Gasteiger charge is -2.14. The van der Waals surface area contributed by atoms with Crippen molar-refractivity contribution in [2.45, 2.75) is 16.7 Å². The molecular formula is C21H15BrClN3OS. The van der Waals surface area contributed by atoms with Crippen molar-refractivity contribution in [3.05, 3.63) is 92.4 Å². The smallest absolute Gasteiger partial charge is 0.280 e. The van der Waals surface area contributed by atoms with Gasteiger partial charge in [0.15, 0.2) is 0 Å². The summed E-state index contributed by atoms with van der Waals surface area (Å²) in [6.45, 7) is 1.94. The normalized spacial score (nSPS) is 11.0. The van der Waals surface area contributed by atoms with Gasteiger partial charge in [-0.1, -0.05) is 41.6 Å². The van der Waals surface area contributed by atoms with E-state index in [1.807, 2.05) is 61.5 Å². The first-order chi connectivity index (χ1) is 13.5. The van der Waals surface area contributed by atoms with Crippen LogP contribution in [0.2, 0.25) is 5.02 Å². The molecule has 4 aromatic rings. The third-order valence-corrected chi connectivity index (χ3v) is 6.04. The first-order valence-electron chi connectivity index (χ1n) is 8.48.